The molecule has 8 heteroatoms. The third-order valence-corrected chi connectivity index (χ3v) is 3.84. The first kappa shape index (κ1) is 20.2. The molecule has 0 aliphatic carbocycles. The van der Waals surface area contributed by atoms with Gasteiger partial charge >= 0.3 is 12.4 Å². The quantitative estimate of drug-likeness (QED) is 0.585. The van der Waals surface area contributed by atoms with Gasteiger partial charge in [-0.2, -0.15) is 26.3 Å². The van der Waals surface area contributed by atoms with Gasteiger partial charge in [-0.15, -0.1) is 0 Å². The highest BCUT2D eigenvalue weighted by molar-refractivity contribution is 5.68. The van der Waals surface area contributed by atoms with Crippen LogP contribution in [0.1, 0.15) is 18.1 Å². The summed E-state index contributed by atoms with van der Waals surface area (Å²) in [6, 6.07) is 8.12. The monoisotopic (exact) mass is 379 g/mol. The Morgan fingerprint density at radius 1 is 0.885 bits per heavy atom. The van der Waals surface area contributed by atoms with Crippen LogP contribution in [0.15, 0.2) is 42.5 Å². The molecule has 0 saturated heterocycles. The molecule has 0 bridgehead atoms. The van der Waals surface area contributed by atoms with Gasteiger partial charge in [0.05, 0.1) is 12.1 Å². The van der Waals surface area contributed by atoms with Gasteiger partial charge in [0.2, 0.25) is 0 Å². The molecule has 0 saturated carbocycles. The lowest BCUT2D eigenvalue weighted by Gasteiger charge is -2.24. The van der Waals surface area contributed by atoms with E-state index in [1.54, 1.807) is 0 Å². The van der Waals surface area contributed by atoms with Crippen molar-refractivity contribution in [1.29, 1.82) is 0 Å². The molecule has 1 nitrogen and oxygen atoms in total. The maximum Gasteiger partial charge on any atom is 0.416 e. The molecule has 0 N–H and O–H groups in total. The van der Waals surface area contributed by atoms with Gasteiger partial charge in [0.1, 0.15) is 5.82 Å². The number of rotatable bonds is 5. The average molecular weight is 379 g/mol. The molecule has 0 radical (unpaired) electrons. The number of hydrogen-bond donors (Lipinski definition) is 0. The van der Waals surface area contributed by atoms with E-state index in [0.29, 0.717) is 0 Å². The maximum absolute atomic E-state index is 14.1. The molecule has 0 aliphatic heterocycles. The van der Waals surface area contributed by atoms with Crippen LogP contribution >= 0.6 is 0 Å². The molecular formula is C18H16F7N. The number of halogens is 7. The summed E-state index contributed by atoms with van der Waals surface area (Å²) in [6.45, 7) is -0.200. The zero-order valence-electron chi connectivity index (χ0n) is 13.8. The van der Waals surface area contributed by atoms with Crippen molar-refractivity contribution in [1.82, 2.24) is 4.90 Å². The summed E-state index contributed by atoms with van der Waals surface area (Å²) in [5.41, 5.74) is -0.831. The van der Waals surface area contributed by atoms with Crippen molar-refractivity contribution in [2.45, 2.75) is 25.8 Å². The Morgan fingerprint density at radius 3 is 2.08 bits per heavy atom. The molecular weight excluding hydrogens is 363 g/mol. The second kappa shape index (κ2) is 7.65. The Balaban J connectivity index is 2.50. The lowest BCUT2D eigenvalue weighted by atomic mass is 9.96. The summed E-state index contributed by atoms with van der Waals surface area (Å²) in [7, 11) is 0. The molecule has 0 heterocycles. The summed E-state index contributed by atoms with van der Waals surface area (Å²) in [5.74, 6) is -0.660. The van der Waals surface area contributed by atoms with Gasteiger partial charge in [-0.1, -0.05) is 31.2 Å². The first-order valence-corrected chi connectivity index (χ1v) is 7.75. The Labute approximate surface area is 146 Å². The molecule has 26 heavy (non-hydrogen) atoms. The van der Waals surface area contributed by atoms with Crippen molar-refractivity contribution in [2.24, 2.45) is 0 Å². The standard InChI is InChI=1S/C18H16F7N/c1-2-26(11-17(20,21)22)10-12-9-13(18(23,24)25)7-8-14(12)15-5-3-4-6-16(15)19/h3-9H,2,10-11H2,1H3. The summed E-state index contributed by atoms with van der Waals surface area (Å²) < 4.78 is 91.1. The maximum atomic E-state index is 14.1. The summed E-state index contributed by atoms with van der Waals surface area (Å²) in [5, 5.41) is 0. The number of alkyl halides is 6. The topological polar surface area (TPSA) is 3.24 Å². The minimum atomic E-state index is -4.65. The SMILES string of the molecule is CCN(Cc1cc(C(F)(F)F)ccc1-c1ccccc1F)CC(F)(F)F. The molecule has 0 atom stereocenters. The van der Waals surface area contributed by atoms with Crippen molar-refractivity contribution in [3.8, 4) is 11.1 Å². The van der Waals surface area contributed by atoms with Crippen molar-refractivity contribution in [3.63, 3.8) is 0 Å². The van der Waals surface area contributed by atoms with Crippen LogP contribution < -0.4 is 0 Å². The largest absolute Gasteiger partial charge is 0.416 e. The zero-order chi connectivity index (χ0) is 19.5. The van der Waals surface area contributed by atoms with Crippen molar-refractivity contribution < 1.29 is 30.7 Å². The molecule has 0 fully saturated rings. The van der Waals surface area contributed by atoms with Crippen LogP contribution in [0.3, 0.4) is 0 Å². The van der Waals surface area contributed by atoms with Gasteiger partial charge < -0.3 is 0 Å². The van der Waals surface area contributed by atoms with Gasteiger partial charge in [0.15, 0.2) is 0 Å². The van der Waals surface area contributed by atoms with E-state index >= 15 is 0 Å². The zero-order valence-corrected chi connectivity index (χ0v) is 13.8. The molecule has 0 spiro atoms. The lowest BCUT2D eigenvalue weighted by molar-refractivity contribution is -0.147. The molecule has 0 amide bonds. The Bertz CT molecular complexity index is 750. The van der Waals surface area contributed by atoms with E-state index in [2.05, 4.69) is 0 Å². The molecule has 0 aliphatic rings. The van der Waals surface area contributed by atoms with Crippen molar-refractivity contribution in [2.75, 3.05) is 13.1 Å². The second-order valence-electron chi connectivity index (χ2n) is 5.77. The van der Waals surface area contributed by atoms with E-state index in [-0.39, 0.29) is 29.8 Å². The summed E-state index contributed by atoms with van der Waals surface area (Å²) in [4.78, 5) is 0.958. The summed E-state index contributed by atoms with van der Waals surface area (Å²) in [6.07, 6.45) is -9.14. The van der Waals surface area contributed by atoms with Gasteiger partial charge in [-0.25, -0.2) is 4.39 Å². The number of nitrogens with zero attached hydrogens (tertiary/aromatic N) is 1. The second-order valence-corrected chi connectivity index (χ2v) is 5.77. The fraction of sp³-hybridized carbons (Fsp3) is 0.333. The first-order valence-electron chi connectivity index (χ1n) is 7.75. The lowest BCUT2D eigenvalue weighted by Crippen LogP contribution is -2.33. The van der Waals surface area contributed by atoms with Crippen LogP contribution in [0.4, 0.5) is 30.7 Å². The Kier molecular flexibility index (Phi) is 5.95. The van der Waals surface area contributed by atoms with Crippen LogP contribution in [-0.2, 0) is 12.7 Å². The molecule has 2 aromatic carbocycles. The predicted molar refractivity (Wildman–Crippen MR) is 83.8 cm³/mol. The van der Waals surface area contributed by atoms with Crippen LogP contribution in [0.2, 0.25) is 0 Å². The van der Waals surface area contributed by atoms with E-state index in [1.807, 2.05) is 0 Å². The first-order chi connectivity index (χ1) is 12.0. The fourth-order valence-corrected chi connectivity index (χ4v) is 2.62. The van der Waals surface area contributed by atoms with E-state index in [4.69, 9.17) is 0 Å². The Morgan fingerprint density at radius 2 is 1.54 bits per heavy atom. The van der Waals surface area contributed by atoms with E-state index in [1.165, 1.54) is 25.1 Å². The smallest absolute Gasteiger partial charge is 0.291 e. The van der Waals surface area contributed by atoms with E-state index in [0.717, 1.165) is 29.2 Å². The van der Waals surface area contributed by atoms with E-state index < -0.39 is 30.3 Å². The minimum Gasteiger partial charge on any atom is -0.291 e. The number of hydrogen-bond acceptors (Lipinski definition) is 1. The van der Waals surface area contributed by atoms with Gasteiger partial charge in [0, 0.05) is 12.1 Å². The van der Waals surface area contributed by atoms with Gasteiger partial charge in [-0.05, 0) is 35.9 Å². The average Bonchev–Trinajstić information content (AvgIpc) is 2.53. The predicted octanol–water partition coefficient (Wildman–Crippen LogP) is 5.90. The highest BCUT2D eigenvalue weighted by atomic mass is 19.4. The van der Waals surface area contributed by atoms with Gasteiger partial charge in [-0.3, -0.25) is 4.90 Å². The van der Waals surface area contributed by atoms with Gasteiger partial charge in [0.25, 0.3) is 0 Å². The Hall–Kier alpha value is -2.09. The normalized spacial score (nSPS) is 12.7. The van der Waals surface area contributed by atoms with Crippen molar-refractivity contribution in [3.05, 3.63) is 59.4 Å². The van der Waals surface area contributed by atoms with Crippen LogP contribution in [-0.4, -0.2) is 24.2 Å². The van der Waals surface area contributed by atoms with Crippen LogP contribution in [0.5, 0.6) is 0 Å². The van der Waals surface area contributed by atoms with Crippen molar-refractivity contribution >= 4 is 0 Å². The molecule has 0 aromatic heterocycles. The molecule has 2 rings (SSSR count). The highest BCUT2D eigenvalue weighted by Crippen LogP contribution is 2.35. The molecule has 2 aromatic rings. The van der Waals surface area contributed by atoms with Crippen LogP contribution in [0, 0.1) is 5.82 Å². The third-order valence-electron chi connectivity index (χ3n) is 3.84. The summed E-state index contributed by atoms with van der Waals surface area (Å²) >= 11 is 0. The molecule has 0 unspecified atom stereocenters. The highest BCUT2D eigenvalue weighted by Gasteiger charge is 2.33. The van der Waals surface area contributed by atoms with E-state index in [9.17, 15) is 30.7 Å². The number of benzene rings is 2. The fourth-order valence-electron chi connectivity index (χ4n) is 2.62. The third kappa shape index (κ3) is 5.20. The minimum absolute atomic E-state index is 0.0176. The molecule has 142 valence electrons. The van der Waals surface area contributed by atoms with Crippen LogP contribution in [0.25, 0.3) is 11.1 Å².